The molecule has 0 radical (unpaired) electrons. The Balaban J connectivity index is 1.56. The zero-order chi connectivity index (χ0) is 12.8. The molecule has 0 aliphatic carbocycles. The van der Waals surface area contributed by atoms with E-state index in [9.17, 15) is 4.39 Å². The summed E-state index contributed by atoms with van der Waals surface area (Å²) >= 11 is 0. The molecular weight excluding hydrogens is 225 g/mol. The van der Waals surface area contributed by atoms with Crippen LogP contribution in [-0.2, 0) is 0 Å². The van der Waals surface area contributed by atoms with E-state index in [2.05, 4.69) is 12.2 Å². The minimum Gasteiger partial charge on any atom is -0.311 e. The number of alkyl halides is 1. The Kier molecular flexibility index (Phi) is 5.47. The summed E-state index contributed by atoms with van der Waals surface area (Å²) in [6.45, 7) is 2.25. The Hall–Kier alpha value is -0.110. The molecule has 2 fully saturated rings. The molecule has 0 aromatic carbocycles. The molecule has 2 heterocycles. The molecule has 106 valence electrons. The molecule has 0 aromatic rings. The first kappa shape index (κ1) is 14.3. The van der Waals surface area contributed by atoms with Gasteiger partial charge in [0.1, 0.15) is 5.67 Å². The van der Waals surface area contributed by atoms with E-state index < -0.39 is 5.67 Å². The molecule has 1 N–H and O–H groups in total. The van der Waals surface area contributed by atoms with Crippen molar-refractivity contribution in [2.24, 2.45) is 0 Å². The second-order valence-corrected chi connectivity index (χ2v) is 6.57. The van der Waals surface area contributed by atoms with Gasteiger partial charge in [-0.15, -0.1) is 0 Å². The van der Waals surface area contributed by atoms with E-state index in [1.165, 1.54) is 51.4 Å². The molecule has 2 bridgehead atoms. The van der Waals surface area contributed by atoms with Crippen molar-refractivity contribution in [2.45, 2.75) is 102 Å². The van der Waals surface area contributed by atoms with Gasteiger partial charge in [-0.05, 0) is 32.1 Å². The monoisotopic (exact) mass is 255 g/mol. The molecule has 0 saturated carbocycles. The molecule has 2 aliphatic heterocycles. The lowest BCUT2D eigenvalue weighted by molar-refractivity contribution is 0.0763. The van der Waals surface area contributed by atoms with Gasteiger partial charge in [-0.25, -0.2) is 4.39 Å². The maximum atomic E-state index is 14.7. The van der Waals surface area contributed by atoms with E-state index in [1.54, 1.807) is 0 Å². The minimum atomic E-state index is -0.833. The Morgan fingerprint density at radius 1 is 0.944 bits per heavy atom. The first-order valence-corrected chi connectivity index (χ1v) is 8.17. The lowest BCUT2D eigenvalue weighted by Crippen LogP contribution is -2.46. The van der Waals surface area contributed by atoms with Gasteiger partial charge in [0.25, 0.3) is 0 Å². The molecule has 18 heavy (non-hydrogen) atoms. The maximum Gasteiger partial charge on any atom is 0.114 e. The summed E-state index contributed by atoms with van der Waals surface area (Å²) in [5.74, 6) is 0. The van der Waals surface area contributed by atoms with Crippen molar-refractivity contribution in [2.75, 3.05) is 0 Å². The highest BCUT2D eigenvalue weighted by Crippen LogP contribution is 2.39. The fraction of sp³-hybridized carbons (Fsp3) is 1.00. The Morgan fingerprint density at radius 2 is 1.50 bits per heavy atom. The predicted octanol–water partition coefficient (Wildman–Crippen LogP) is 4.75. The SMILES string of the molecule is CCCCCCCCCC1(F)CC2CCC(C1)N2. The first-order chi connectivity index (χ1) is 8.72. The van der Waals surface area contributed by atoms with Crippen LogP contribution < -0.4 is 5.32 Å². The highest BCUT2D eigenvalue weighted by atomic mass is 19.1. The van der Waals surface area contributed by atoms with Crippen LogP contribution in [0.2, 0.25) is 0 Å². The van der Waals surface area contributed by atoms with Crippen LogP contribution >= 0.6 is 0 Å². The summed E-state index contributed by atoms with van der Waals surface area (Å²) in [6, 6.07) is 0.969. The lowest BCUT2D eigenvalue weighted by atomic mass is 9.85. The predicted molar refractivity (Wildman–Crippen MR) is 75.6 cm³/mol. The van der Waals surface area contributed by atoms with E-state index in [1.807, 2.05) is 0 Å². The van der Waals surface area contributed by atoms with E-state index in [0.717, 1.165) is 25.7 Å². The molecule has 0 amide bonds. The number of hydrogen-bond acceptors (Lipinski definition) is 1. The smallest absolute Gasteiger partial charge is 0.114 e. The molecule has 2 unspecified atom stereocenters. The van der Waals surface area contributed by atoms with Crippen molar-refractivity contribution in [1.29, 1.82) is 0 Å². The van der Waals surface area contributed by atoms with Crippen LogP contribution in [0.3, 0.4) is 0 Å². The topological polar surface area (TPSA) is 12.0 Å². The number of hydrogen-bond donors (Lipinski definition) is 1. The van der Waals surface area contributed by atoms with Crippen LogP contribution in [0, 0.1) is 0 Å². The van der Waals surface area contributed by atoms with E-state index in [-0.39, 0.29) is 0 Å². The summed E-state index contributed by atoms with van der Waals surface area (Å²) in [5.41, 5.74) is -0.833. The van der Waals surface area contributed by atoms with Crippen molar-refractivity contribution in [3.8, 4) is 0 Å². The zero-order valence-corrected chi connectivity index (χ0v) is 12.0. The van der Waals surface area contributed by atoms with Crippen molar-refractivity contribution in [3.05, 3.63) is 0 Å². The van der Waals surface area contributed by atoms with Crippen molar-refractivity contribution in [1.82, 2.24) is 5.32 Å². The molecule has 2 saturated heterocycles. The number of rotatable bonds is 8. The number of nitrogens with one attached hydrogen (secondary N) is 1. The summed E-state index contributed by atoms with van der Waals surface area (Å²) < 4.78 is 14.7. The number of piperidine rings is 1. The second kappa shape index (κ2) is 6.88. The number of halogens is 1. The average Bonchev–Trinajstić information content (AvgIpc) is 2.68. The fourth-order valence-corrected chi connectivity index (χ4v) is 3.79. The van der Waals surface area contributed by atoms with Gasteiger partial charge in [-0.2, -0.15) is 0 Å². The third-order valence-corrected chi connectivity index (χ3v) is 4.79. The van der Waals surface area contributed by atoms with Gasteiger partial charge in [0.15, 0.2) is 0 Å². The van der Waals surface area contributed by atoms with Crippen LogP contribution in [0.1, 0.15) is 84.0 Å². The Bertz CT molecular complexity index is 229. The van der Waals surface area contributed by atoms with Crippen LogP contribution in [0.5, 0.6) is 0 Å². The average molecular weight is 255 g/mol. The Labute approximate surface area is 112 Å². The van der Waals surface area contributed by atoms with Crippen molar-refractivity contribution in [3.63, 3.8) is 0 Å². The first-order valence-electron chi connectivity index (χ1n) is 8.17. The molecule has 0 aromatic heterocycles. The van der Waals surface area contributed by atoms with Gasteiger partial charge in [0.2, 0.25) is 0 Å². The van der Waals surface area contributed by atoms with Crippen LogP contribution in [0.25, 0.3) is 0 Å². The highest BCUT2D eigenvalue weighted by molar-refractivity contribution is 4.99. The molecule has 0 spiro atoms. The zero-order valence-electron chi connectivity index (χ0n) is 12.0. The van der Waals surface area contributed by atoms with E-state index in [4.69, 9.17) is 0 Å². The molecular formula is C16H30FN. The fourth-order valence-electron chi connectivity index (χ4n) is 3.79. The van der Waals surface area contributed by atoms with E-state index in [0.29, 0.717) is 12.1 Å². The third kappa shape index (κ3) is 4.22. The summed E-state index contributed by atoms with van der Waals surface area (Å²) in [5, 5.41) is 3.53. The minimum absolute atomic E-state index is 0.485. The van der Waals surface area contributed by atoms with Gasteiger partial charge in [0, 0.05) is 12.1 Å². The van der Waals surface area contributed by atoms with Crippen molar-refractivity contribution >= 4 is 0 Å². The lowest BCUT2D eigenvalue weighted by Gasteiger charge is -2.35. The number of unbranched alkanes of at least 4 members (excludes halogenated alkanes) is 6. The molecule has 2 rings (SSSR count). The molecule has 2 aliphatic rings. The van der Waals surface area contributed by atoms with Crippen molar-refractivity contribution < 1.29 is 4.39 Å². The van der Waals surface area contributed by atoms with Gasteiger partial charge < -0.3 is 5.32 Å². The van der Waals surface area contributed by atoms with Crippen LogP contribution in [0.15, 0.2) is 0 Å². The molecule has 2 atom stereocenters. The Morgan fingerprint density at radius 3 is 2.11 bits per heavy atom. The van der Waals surface area contributed by atoms with Gasteiger partial charge >= 0.3 is 0 Å². The van der Waals surface area contributed by atoms with Gasteiger partial charge in [0.05, 0.1) is 0 Å². The van der Waals surface area contributed by atoms with E-state index >= 15 is 0 Å². The quantitative estimate of drug-likeness (QED) is 0.617. The van der Waals surface area contributed by atoms with Gasteiger partial charge in [-0.1, -0.05) is 51.9 Å². The molecule has 2 heteroatoms. The summed E-state index contributed by atoms with van der Waals surface area (Å²) in [7, 11) is 0. The molecule has 1 nitrogen and oxygen atoms in total. The van der Waals surface area contributed by atoms with Crippen LogP contribution in [0.4, 0.5) is 4.39 Å². The third-order valence-electron chi connectivity index (χ3n) is 4.79. The summed E-state index contributed by atoms with van der Waals surface area (Å²) in [6.07, 6.45) is 13.8. The largest absolute Gasteiger partial charge is 0.311 e. The van der Waals surface area contributed by atoms with Crippen LogP contribution in [-0.4, -0.2) is 17.8 Å². The maximum absolute atomic E-state index is 14.7. The normalized spacial score (nSPS) is 35.0. The second-order valence-electron chi connectivity index (χ2n) is 6.57. The highest BCUT2D eigenvalue weighted by Gasteiger charge is 2.43. The van der Waals surface area contributed by atoms with Gasteiger partial charge in [-0.3, -0.25) is 0 Å². The standard InChI is InChI=1S/C16H30FN/c1-2-3-4-5-6-7-8-11-16(17)12-14-9-10-15(13-16)18-14/h14-15,18H,2-13H2,1H3. The number of fused-ring (bicyclic) bond motifs is 2. The summed E-state index contributed by atoms with van der Waals surface area (Å²) in [4.78, 5) is 0.